The highest BCUT2D eigenvalue weighted by molar-refractivity contribution is 8.24. The van der Waals surface area contributed by atoms with E-state index in [1.54, 1.807) is 12.1 Å². The first-order valence-electron chi connectivity index (χ1n) is 19.9. The van der Waals surface area contributed by atoms with Crippen molar-refractivity contribution in [2.75, 3.05) is 44.3 Å². The number of fused-ring (bicyclic) bond motifs is 7. The van der Waals surface area contributed by atoms with E-state index in [0.29, 0.717) is 34.8 Å². The fraction of sp³-hybridized carbons (Fsp3) is 0.786. The third-order valence-electron chi connectivity index (χ3n) is 16.9. The van der Waals surface area contributed by atoms with Gasteiger partial charge in [0.25, 0.3) is 0 Å². The summed E-state index contributed by atoms with van der Waals surface area (Å²) < 4.78 is 20.3. The summed E-state index contributed by atoms with van der Waals surface area (Å²) in [4.78, 5) is 13.9. The molecule has 7 rings (SSSR count). The molecule has 6 N–H and O–H groups in total. The van der Waals surface area contributed by atoms with Gasteiger partial charge in [-0.15, -0.1) is 0 Å². The highest BCUT2D eigenvalue weighted by Gasteiger charge is 2.71. The number of hydrogen-bond donors (Lipinski definition) is 6. The van der Waals surface area contributed by atoms with Crippen LogP contribution >= 0.6 is 10.6 Å². The molecule has 5 fully saturated rings. The minimum atomic E-state index is -2.41. The molecule has 1 saturated heterocycles. The largest absolute Gasteiger partial charge is 0.478 e. The highest BCUT2D eigenvalue weighted by atomic mass is 32.3. The molecule has 1 aliphatic heterocycles. The summed E-state index contributed by atoms with van der Waals surface area (Å²) in [5, 5.41) is 35.9. The molecule has 5 aliphatic carbocycles. The van der Waals surface area contributed by atoms with E-state index in [4.69, 9.17) is 0 Å². The van der Waals surface area contributed by atoms with Crippen molar-refractivity contribution in [1.82, 2.24) is 10.2 Å². The van der Waals surface area contributed by atoms with Gasteiger partial charge < -0.3 is 20.6 Å². The molecule has 9 heteroatoms. The minimum absolute atomic E-state index is 0.0373. The zero-order valence-corrected chi connectivity index (χ0v) is 32.9. The monoisotopic (exact) mass is 726 g/mol. The van der Waals surface area contributed by atoms with E-state index in [2.05, 4.69) is 50.9 Å². The number of allylic oxidation sites excluding steroid dienone is 2. The van der Waals surface area contributed by atoms with E-state index in [-0.39, 0.29) is 45.6 Å². The number of aromatic carboxylic acids is 1. The van der Waals surface area contributed by atoms with Gasteiger partial charge in [0.1, 0.15) is 0 Å². The van der Waals surface area contributed by atoms with Crippen LogP contribution in [0.2, 0.25) is 0 Å². The number of aliphatic hydroxyl groups excluding tert-OH is 1. The molecule has 0 spiro atoms. The first-order chi connectivity index (χ1) is 23.8. The summed E-state index contributed by atoms with van der Waals surface area (Å²) in [6.07, 6.45) is 12.5. The molecule has 0 radical (unpaired) electrons. The molecular weight excluding hydrogens is 661 g/mol. The summed E-state index contributed by atoms with van der Waals surface area (Å²) in [5.74, 6) is 1.96. The molecule has 0 amide bonds. The molecule has 286 valence electrons. The van der Waals surface area contributed by atoms with E-state index in [1.807, 2.05) is 19.1 Å². The molecule has 51 heavy (non-hydrogen) atoms. The van der Waals surface area contributed by atoms with Crippen molar-refractivity contribution in [2.24, 2.45) is 51.2 Å². The van der Waals surface area contributed by atoms with Crippen LogP contribution in [0.15, 0.2) is 30.3 Å². The van der Waals surface area contributed by atoms with Crippen LogP contribution in [-0.4, -0.2) is 90.7 Å². The maximum absolute atomic E-state index is 11.8. The number of benzene rings is 1. The summed E-state index contributed by atoms with van der Waals surface area (Å²) >= 11 is 0. The second-order valence-electron chi connectivity index (χ2n) is 19.4. The lowest BCUT2D eigenvalue weighted by molar-refractivity contribution is -0.227. The van der Waals surface area contributed by atoms with Crippen molar-refractivity contribution in [3.8, 4) is 0 Å². The number of hydrogen-bond acceptors (Lipinski definition) is 7. The lowest BCUT2D eigenvalue weighted by atomic mass is 9.32. The van der Waals surface area contributed by atoms with Crippen LogP contribution in [0.5, 0.6) is 0 Å². The molecule has 1 heterocycles. The van der Waals surface area contributed by atoms with Gasteiger partial charge in [-0.3, -0.25) is 14.0 Å². The summed E-state index contributed by atoms with van der Waals surface area (Å²) in [6, 6.07) is 7.50. The smallest absolute Gasteiger partial charge is 0.335 e. The molecule has 4 saturated carbocycles. The van der Waals surface area contributed by atoms with E-state index >= 15 is 0 Å². The number of aliphatic hydroxyl groups is 2. The van der Waals surface area contributed by atoms with Crippen LogP contribution in [0.4, 0.5) is 0 Å². The standard InChI is InChI=1S/C42H66N2O6S/c1-37(2)30(28-7-9-29(10-8-28)36(46)47)13-16-38(3)33(37)15-17-40(5)34(38)12-11-31-35-32(41(6,48)27-45)14-18-42(35,20-19-39(31,40)4)43-21-22-44-23-25-51(49,50)26-24-44/h7-10,13,31-35,43,45,48-50H,11-12,14-27H2,1-6H3,(H,46,47)/t31-,32-,33+,34-,35+,38+,39-,40-,41?,42+/m1/s1. The van der Waals surface area contributed by atoms with Crippen LogP contribution in [-0.2, 0) is 0 Å². The van der Waals surface area contributed by atoms with Gasteiger partial charge in [-0.25, -0.2) is 4.79 Å². The summed E-state index contributed by atoms with van der Waals surface area (Å²) in [7, 11) is -2.41. The van der Waals surface area contributed by atoms with E-state index in [1.165, 1.54) is 31.3 Å². The zero-order valence-electron chi connectivity index (χ0n) is 32.1. The number of carboxylic acid groups (broad SMARTS) is 1. The van der Waals surface area contributed by atoms with Gasteiger partial charge in [-0.2, -0.15) is 10.6 Å². The van der Waals surface area contributed by atoms with E-state index < -0.39 is 22.2 Å². The minimum Gasteiger partial charge on any atom is -0.478 e. The fourth-order valence-corrected chi connectivity index (χ4v) is 15.4. The Morgan fingerprint density at radius 3 is 2.25 bits per heavy atom. The van der Waals surface area contributed by atoms with Gasteiger partial charge in [-0.05, 0) is 139 Å². The third kappa shape index (κ3) is 5.90. The molecule has 0 bridgehead atoms. The Balaban J connectivity index is 1.16. The van der Waals surface area contributed by atoms with Gasteiger partial charge in [0.05, 0.1) is 29.3 Å². The zero-order chi connectivity index (χ0) is 36.8. The van der Waals surface area contributed by atoms with Crippen LogP contribution < -0.4 is 5.32 Å². The van der Waals surface area contributed by atoms with Crippen molar-refractivity contribution < 1.29 is 29.2 Å². The topological polar surface area (TPSA) is 133 Å². The number of nitrogens with one attached hydrogen (secondary N) is 1. The molecule has 1 aromatic carbocycles. The maximum Gasteiger partial charge on any atom is 0.335 e. The van der Waals surface area contributed by atoms with E-state index in [0.717, 1.165) is 63.8 Å². The lowest BCUT2D eigenvalue weighted by Gasteiger charge is -2.72. The lowest BCUT2D eigenvalue weighted by Crippen LogP contribution is -2.69. The molecule has 6 aliphatic rings. The van der Waals surface area contributed by atoms with Crippen molar-refractivity contribution in [3.05, 3.63) is 41.5 Å². The van der Waals surface area contributed by atoms with Gasteiger partial charge >= 0.3 is 5.97 Å². The highest BCUT2D eigenvalue weighted by Crippen LogP contribution is 2.76. The number of carboxylic acids is 1. The molecule has 0 aromatic heterocycles. The van der Waals surface area contributed by atoms with Crippen molar-refractivity contribution in [2.45, 2.75) is 110 Å². The Hall–Kier alpha value is -1.46. The number of rotatable bonds is 8. The maximum atomic E-state index is 11.8. The Bertz CT molecular complexity index is 1520. The quantitative estimate of drug-likeness (QED) is 0.161. The van der Waals surface area contributed by atoms with Crippen LogP contribution in [0.3, 0.4) is 0 Å². The van der Waals surface area contributed by atoms with Gasteiger partial charge in [-0.1, -0.05) is 52.8 Å². The molecular formula is C42H66N2O6S. The molecule has 1 unspecified atom stereocenters. The van der Waals surface area contributed by atoms with Gasteiger partial charge in [0.15, 0.2) is 0 Å². The molecule has 1 aromatic rings. The second-order valence-corrected chi connectivity index (χ2v) is 21.8. The average Bonchev–Trinajstić information content (AvgIpc) is 3.46. The summed E-state index contributed by atoms with van der Waals surface area (Å²) in [6.45, 7) is 17.6. The predicted molar refractivity (Wildman–Crippen MR) is 206 cm³/mol. The first kappa shape index (κ1) is 37.8. The van der Waals surface area contributed by atoms with Crippen LogP contribution in [0, 0.1) is 51.2 Å². The van der Waals surface area contributed by atoms with E-state index in [9.17, 15) is 29.2 Å². The van der Waals surface area contributed by atoms with Crippen molar-refractivity contribution in [1.29, 1.82) is 0 Å². The number of nitrogens with zero attached hydrogens (tertiary/aromatic N) is 1. The van der Waals surface area contributed by atoms with Gasteiger partial charge in [0.2, 0.25) is 0 Å². The first-order valence-corrected chi connectivity index (χ1v) is 21.8. The SMILES string of the molecule is CC(O)(CO)[C@@H]1CC[C@]2(NCCN3CCS(O)(O)CC3)CC[C@]3(C)[C@H](CC[C@@H]4[C@@]5(C)CC=C(c6ccc(C(=O)O)cc6)C(C)(C)[C@@H]5CC[C@]43C)[C@@H]12. The van der Waals surface area contributed by atoms with Gasteiger partial charge in [0, 0.05) is 31.7 Å². The number of carbonyl (C=O) groups is 1. The van der Waals surface area contributed by atoms with Crippen LogP contribution in [0.1, 0.15) is 115 Å². The van der Waals surface area contributed by atoms with Crippen LogP contribution in [0.25, 0.3) is 5.57 Å². The average molecular weight is 727 g/mol. The van der Waals surface area contributed by atoms with Crippen molar-refractivity contribution >= 4 is 22.1 Å². The summed E-state index contributed by atoms with van der Waals surface area (Å²) in [5.41, 5.74) is 2.06. The Labute approximate surface area is 308 Å². The van der Waals surface area contributed by atoms with Crippen molar-refractivity contribution in [3.63, 3.8) is 0 Å². The second kappa shape index (κ2) is 12.8. The third-order valence-corrected chi connectivity index (χ3v) is 18.6. The Morgan fingerprint density at radius 2 is 1.61 bits per heavy atom. The Morgan fingerprint density at radius 1 is 0.922 bits per heavy atom. The normalized spacial score (nSPS) is 43.4. The fourth-order valence-electron chi connectivity index (χ4n) is 14.1. The Kier molecular flexibility index (Phi) is 9.50. The molecule has 10 atom stereocenters. The molecule has 8 nitrogen and oxygen atoms in total. The predicted octanol–water partition coefficient (Wildman–Crippen LogP) is 7.61.